The van der Waals surface area contributed by atoms with Crippen LogP contribution in [0.25, 0.3) is 0 Å². The van der Waals surface area contributed by atoms with Crippen LogP contribution in [0.3, 0.4) is 0 Å². The first-order valence-electron chi connectivity index (χ1n) is 4.65. The summed E-state index contributed by atoms with van der Waals surface area (Å²) in [7, 11) is 0. The van der Waals surface area contributed by atoms with Crippen molar-refractivity contribution in [3.8, 4) is 0 Å². The van der Waals surface area contributed by atoms with Gasteiger partial charge in [0.2, 0.25) is 11.9 Å². The molecule has 2 heterocycles. The number of nitrogens with zero attached hydrogens (tertiary/aromatic N) is 4. The molecule has 72 valence electrons. The summed E-state index contributed by atoms with van der Waals surface area (Å²) in [5, 5.41) is 7.95. The molecule has 0 amide bonds. The van der Waals surface area contributed by atoms with Crippen LogP contribution in [-0.2, 0) is 6.54 Å². The van der Waals surface area contributed by atoms with Crippen molar-refractivity contribution < 1.29 is 0 Å². The van der Waals surface area contributed by atoms with Crippen molar-refractivity contribution in [2.75, 3.05) is 17.2 Å². The van der Waals surface area contributed by atoms with E-state index in [1.165, 1.54) is 0 Å². The van der Waals surface area contributed by atoms with Crippen molar-refractivity contribution in [1.82, 2.24) is 14.8 Å². The first-order chi connectivity index (χ1) is 6.20. The fourth-order valence-electron chi connectivity index (χ4n) is 1.72. The van der Waals surface area contributed by atoms with Crippen molar-refractivity contribution >= 4 is 11.9 Å². The highest BCUT2D eigenvalue weighted by molar-refractivity contribution is 5.39. The number of nitrogen functional groups attached to an aromatic ring is 1. The van der Waals surface area contributed by atoms with Crippen molar-refractivity contribution in [2.24, 2.45) is 0 Å². The zero-order valence-electron chi connectivity index (χ0n) is 8.06. The Morgan fingerprint density at radius 2 is 2.08 bits per heavy atom. The summed E-state index contributed by atoms with van der Waals surface area (Å²) < 4.78 is 1.98. The number of aromatic nitrogens is 3. The van der Waals surface area contributed by atoms with Crippen LogP contribution in [-0.4, -0.2) is 27.4 Å². The van der Waals surface area contributed by atoms with E-state index in [4.69, 9.17) is 5.73 Å². The van der Waals surface area contributed by atoms with E-state index in [1.807, 2.05) is 4.57 Å². The smallest absolute Gasteiger partial charge is 0.228 e. The third-order valence-corrected chi connectivity index (χ3v) is 2.42. The van der Waals surface area contributed by atoms with E-state index in [-0.39, 0.29) is 0 Å². The summed E-state index contributed by atoms with van der Waals surface area (Å²) in [6.07, 6.45) is 1.12. The Labute approximate surface area is 77.5 Å². The molecule has 1 aliphatic rings. The molecule has 0 unspecified atom stereocenters. The Hall–Kier alpha value is -1.26. The van der Waals surface area contributed by atoms with Gasteiger partial charge in [0.1, 0.15) is 0 Å². The fourth-order valence-corrected chi connectivity index (χ4v) is 1.72. The van der Waals surface area contributed by atoms with Crippen LogP contribution in [0, 0.1) is 0 Å². The van der Waals surface area contributed by atoms with Gasteiger partial charge in [0, 0.05) is 19.1 Å². The van der Waals surface area contributed by atoms with E-state index < -0.39 is 0 Å². The topological polar surface area (TPSA) is 60.0 Å². The van der Waals surface area contributed by atoms with Gasteiger partial charge in [-0.2, -0.15) is 0 Å². The standard InChI is InChI=1S/C8H15N5/c1-6(2)12-4-3-5-13-7(9)10-11-8(12)13/h6H,3-5H2,1-2H3,(H2,9,10). The van der Waals surface area contributed by atoms with E-state index in [9.17, 15) is 0 Å². The molecule has 2 N–H and O–H groups in total. The zero-order valence-corrected chi connectivity index (χ0v) is 8.06. The van der Waals surface area contributed by atoms with Gasteiger partial charge in [-0.3, -0.25) is 4.57 Å². The van der Waals surface area contributed by atoms with Gasteiger partial charge in [-0.15, -0.1) is 10.2 Å². The van der Waals surface area contributed by atoms with E-state index >= 15 is 0 Å². The van der Waals surface area contributed by atoms with Crippen LogP contribution in [0.4, 0.5) is 11.9 Å². The summed E-state index contributed by atoms with van der Waals surface area (Å²) >= 11 is 0. The minimum atomic E-state index is 0.461. The van der Waals surface area contributed by atoms with Crippen LogP contribution in [0.5, 0.6) is 0 Å². The van der Waals surface area contributed by atoms with Crippen molar-refractivity contribution in [2.45, 2.75) is 32.9 Å². The maximum atomic E-state index is 5.69. The van der Waals surface area contributed by atoms with Gasteiger partial charge in [-0.25, -0.2) is 0 Å². The van der Waals surface area contributed by atoms with Gasteiger partial charge in [-0.05, 0) is 20.3 Å². The molecule has 0 spiro atoms. The lowest BCUT2D eigenvalue weighted by Crippen LogP contribution is -2.37. The molecule has 5 heteroatoms. The number of hydrogen-bond acceptors (Lipinski definition) is 4. The monoisotopic (exact) mass is 181 g/mol. The number of fused-ring (bicyclic) bond motifs is 1. The predicted octanol–water partition coefficient (Wildman–Crippen LogP) is 0.479. The third kappa shape index (κ3) is 1.24. The molecule has 0 aliphatic carbocycles. The van der Waals surface area contributed by atoms with E-state index in [0.29, 0.717) is 12.0 Å². The van der Waals surface area contributed by atoms with Crippen LogP contribution in [0.1, 0.15) is 20.3 Å². The Balaban J connectivity index is 2.38. The molecule has 0 saturated carbocycles. The lowest BCUT2D eigenvalue weighted by atomic mass is 10.2. The summed E-state index contributed by atoms with van der Waals surface area (Å²) in [5.41, 5.74) is 5.69. The van der Waals surface area contributed by atoms with E-state index in [2.05, 4.69) is 28.9 Å². The molecule has 5 nitrogen and oxygen atoms in total. The van der Waals surface area contributed by atoms with Gasteiger partial charge in [-0.1, -0.05) is 0 Å². The minimum absolute atomic E-state index is 0.461. The summed E-state index contributed by atoms with van der Waals surface area (Å²) in [4.78, 5) is 2.23. The van der Waals surface area contributed by atoms with Crippen LogP contribution in [0.2, 0.25) is 0 Å². The van der Waals surface area contributed by atoms with Crippen LogP contribution < -0.4 is 10.6 Å². The van der Waals surface area contributed by atoms with E-state index in [1.54, 1.807) is 0 Å². The zero-order chi connectivity index (χ0) is 9.42. The molecule has 0 atom stereocenters. The Morgan fingerprint density at radius 3 is 2.77 bits per heavy atom. The summed E-state index contributed by atoms with van der Waals surface area (Å²) in [5.74, 6) is 1.44. The maximum absolute atomic E-state index is 5.69. The number of nitrogens with two attached hydrogens (primary N) is 1. The summed E-state index contributed by atoms with van der Waals surface area (Å²) in [6.45, 7) is 6.30. The minimum Gasteiger partial charge on any atom is -0.368 e. The normalized spacial score (nSPS) is 16.4. The molecule has 2 rings (SSSR count). The second-order valence-electron chi connectivity index (χ2n) is 3.65. The molecule has 0 saturated heterocycles. The molecule has 0 radical (unpaired) electrons. The summed E-state index contributed by atoms with van der Waals surface area (Å²) in [6, 6.07) is 0.461. The quantitative estimate of drug-likeness (QED) is 0.684. The van der Waals surface area contributed by atoms with E-state index in [0.717, 1.165) is 25.5 Å². The molecule has 1 aromatic rings. The van der Waals surface area contributed by atoms with Crippen molar-refractivity contribution in [1.29, 1.82) is 0 Å². The molecule has 0 bridgehead atoms. The Bertz CT molecular complexity index is 303. The molecule has 13 heavy (non-hydrogen) atoms. The largest absolute Gasteiger partial charge is 0.368 e. The molecular weight excluding hydrogens is 166 g/mol. The van der Waals surface area contributed by atoms with Gasteiger partial charge in [0.15, 0.2) is 0 Å². The molecule has 1 aliphatic heterocycles. The van der Waals surface area contributed by atoms with Crippen LogP contribution >= 0.6 is 0 Å². The number of rotatable bonds is 1. The lowest BCUT2D eigenvalue weighted by Gasteiger charge is -2.31. The Morgan fingerprint density at radius 1 is 1.31 bits per heavy atom. The van der Waals surface area contributed by atoms with Crippen molar-refractivity contribution in [3.63, 3.8) is 0 Å². The molecular formula is C8H15N5. The molecule has 0 fully saturated rings. The van der Waals surface area contributed by atoms with Gasteiger partial charge in [0.25, 0.3) is 0 Å². The third-order valence-electron chi connectivity index (χ3n) is 2.42. The number of anilines is 2. The van der Waals surface area contributed by atoms with Gasteiger partial charge < -0.3 is 10.6 Å². The van der Waals surface area contributed by atoms with Crippen LogP contribution in [0.15, 0.2) is 0 Å². The highest BCUT2D eigenvalue weighted by Crippen LogP contribution is 2.22. The average Bonchev–Trinajstić information content (AvgIpc) is 2.48. The predicted molar refractivity (Wildman–Crippen MR) is 51.5 cm³/mol. The average molecular weight is 181 g/mol. The first kappa shape index (κ1) is 8.34. The Kier molecular flexibility index (Phi) is 1.86. The molecule has 0 aromatic carbocycles. The molecule has 1 aromatic heterocycles. The SMILES string of the molecule is CC(C)N1CCCn2c(N)nnc21. The second kappa shape index (κ2) is 2.90. The number of hydrogen-bond donors (Lipinski definition) is 1. The lowest BCUT2D eigenvalue weighted by molar-refractivity contribution is 0.528. The highest BCUT2D eigenvalue weighted by Gasteiger charge is 2.22. The second-order valence-corrected chi connectivity index (χ2v) is 3.65. The van der Waals surface area contributed by atoms with Gasteiger partial charge in [0.05, 0.1) is 0 Å². The fraction of sp³-hybridized carbons (Fsp3) is 0.750. The first-order valence-corrected chi connectivity index (χ1v) is 4.65. The highest BCUT2D eigenvalue weighted by atomic mass is 15.4. The van der Waals surface area contributed by atoms with Crippen molar-refractivity contribution in [3.05, 3.63) is 0 Å². The van der Waals surface area contributed by atoms with Gasteiger partial charge >= 0.3 is 0 Å². The maximum Gasteiger partial charge on any atom is 0.228 e.